The molecule has 0 radical (unpaired) electrons. The van der Waals surface area contributed by atoms with Gasteiger partial charge in [-0.3, -0.25) is 9.59 Å². The number of allylic oxidation sites excluding steroid dienone is 2. The van der Waals surface area contributed by atoms with Crippen LogP contribution in [0, 0.1) is 10.8 Å². The zero-order valence-electron chi connectivity index (χ0n) is 10.1. The van der Waals surface area contributed by atoms with Crippen LogP contribution in [-0.4, -0.2) is 11.6 Å². The van der Waals surface area contributed by atoms with Gasteiger partial charge in [0.2, 0.25) is 0 Å². The summed E-state index contributed by atoms with van der Waals surface area (Å²) in [6.07, 6.45) is 6.38. The summed E-state index contributed by atoms with van der Waals surface area (Å²) in [6.45, 7) is 7.39. The highest BCUT2D eigenvalue weighted by molar-refractivity contribution is 5.91. The van der Waals surface area contributed by atoms with Gasteiger partial charge in [0.25, 0.3) is 0 Å². The number of rotatable bonds is 3. The highest BCUT2D eigenvalue weighted by Gasteiger charge is 2.50. The van der Waals surface area contributed by atoms with Gasteiger partial charge in [-0.05, 0) is 38.2 Å². The molecule has 1 aliphatic rings. The molecule has 1 saturated carbocycles. The lowest BCUT2D eigenvalue weighted by Crippen LogP contribution is -2.37. The van der Waals surface area contributed by atoms with E-state index in [0.29, 0.717) is 0 Å². The second-order valence-corrected chi connectivity index (χ2v) is 5.21. The van der Waals surface area contributed by atoms with Crippen molar-refractivity contribution in [3.8, 4) is 0 Å². The molecule has 0 heterocycles. The summed E-state index contributed by atoms with van der Waals surface area (Å²) in [5.74, 6) is 0.195. The molecule has 1 unspecified atom stereocenters. The minimum atomic E-state index is -0.418. The minimum absolute atomic E-state index is 0.0123. The number of ketones is 2. The van der Waals surface area contributed by atoms with Crippen molar-refractivity contribution in [2.45, 2.75) is 47.0 Å². The molecule has 2 nitrogen and oxygen atoms in total. The van der Waals surface area contributed by atoms with Crippen LogP contribution < -0.4 is 0 Å². The molecule has 0 aromatic carbocycles. The third kappa shape index (κ3) is 2.04. The number of carbonyl (C=O) groups excluding carboxylic acids is 2. The maximum Gasteiger partial charge on any atom is 0.152 e. The van der Waals surface area contributed by atoms with Crippen molar-refractivity contribution in [3.63, 3.8) is 0 Å². The van der Waals surface area contributed by atoms with Gasteiger partial charge in [-0.2, -0.15) is 0 Å². The van der Waals surface area contributed by atoms with Crippen molar-refractivity contribution < 1.29 is 9.59 Å². The predicted octanol–water partition coefficient (Wildman–Crippen LogP) is 2.92. The van der Waals surface area contributed by atoms with Crippen LogP contribution in [0.1, 0.15) is 47.0 Å². The van der Waals surface area contributed by atoms with Gasteiger partial charge >= 0.3 is 0 Å². The van der Waals surface area contributed by atoms with Crippen LogP contribution >= 0.6 is 0 Å². The third-order valence-corrected chi connectivity index (χ3v) is 3.81. The highest BCUT2D eigenvalue weighted by Crippen LogP contribution is 2.54. The second-order valence-electron chi connectivity index (χ2n) is 5.21. The van der Waals surface area contributed by atoms with Gasteiger partial charge in [0, 0.05) is 0 Å². The molecule has 1 fully saturated rings. The average molecular weight is 208 g/mol. The maximum absolute atomic E-state index is 11.8. The lowest BCUT2D eigenvalue weighted by atomic mass is 9.65. The molecule has 0 spiro atoms. The van der Waals surface area contributed by atoms with Crippen LogP contribution in [0.5, 0.6) is 0 Å². The normalized spacial score (nSPS) is 29.6. The zero-order chi connectivity index (χ0) is 11.7. The first-order valence-corrected chi connectivity index (χ1v) is 5.53. The molecule has 0 N–H and O–H groups in total. The standard InChI is InChI=1S/C13H20O2/c1-10(14)6-9-13(11(2)15)8-5-7-12(13,3)4/h6,9H,5,7-8H2,1-4H3/b9-6+. The third-order valence-electron chi connectivity index (χ3n) is 3.81. The maximum atomic E-state index is 11.8. The van der Waals surface area contributed by atoms with E-state index in [1.54, 1.807) is 13.0 Å². The van der Waals surface area contributed by atoms with Gasteiger partial charge in [-0.25, -0.2) is 0 Å². The molecule has 1 atom stereocenters. The Labute approximate surface area is 91.7 Å². The highest BCUT2D eigenvalue weighted by atomic mass is 16.1. The van der Waals surface area contributed by atoms with Gasteiger partial charge in [0.05, 0.1) is 5.41 Å². The molecule has 0 saturated heterocycles. The Bertz CT molecular complexity index is 312. The van der Waals surface area contributed by atoms with E-state index >= 15 is 0 Å². The van der Waals surface area contributed by atoms with Gasteiger partial charge < -0.3 is 0 Å². The first-order valence-electron chi connectivity index (χ1n) is 5.53. The lowest BCUT2D eigenvalue weighted by molar-refractivity contribution is -0.128. The van der Waals surface area contributed by atoms with Crippen molar-refractivity contribution in [2.24, 2.45) is 10.8 Å². The monoisotopic (exact) mass is 208 g/mol. The van der Waals surface area contributed by atoms with Crippen molar-refractivity contribution in [3.05, 3.63) is 12.2 Å². The number of carbonyl (C=O) groups is 2. The van der Waals surface area contributed by atoms with Crippen LogP contribution in [0.25, 0.3) is 0 Å². The largest absolute Gasteiger partial charge is 0.299 e. The van der Waals surface area contributed by atoms with Crippen molar-refractivity contribution >= 4 is 11.6 Å². The van der Waals surface area contributed by atoms with Gasteiger partial charge in [0.1, 0.15) is 5.78 Å². The van der Waals surface area contributed by atoms with Crippen LogP contribution in [0.15, 0.2) is 12.2 Å². The summed E-state index contributed by atoms with van der Waals surface area (Å²) in [7, 11) is 0. The molecule has 0 aromatic rings. The SMILES string of the molecule is CC(=O)/C=C/C1(C(C)=O)CCCC1(C)C. The van der Waals surface area contributed by atoms with Gasteiger partial charge in [-0.1, -0.05) is 26.3 Å². The Morgan fingerprint density at radius 3 is 2.07 bits per heavy atom. The van der Waals surface area contributed by atoms with Crippen molar-refractivity contribution in [1.29, 1.82) is 0 Å². The molecule has 0 aromatic heterocycles. The molecular formula is C13H20O2. The van der Waals surface area contributed by atoms with E-state index in [4.69, 9.17) is 0 Å². The van der Waals surface area contributed by atoms with Crippen LogP contribution in [-0.2, 0) is 9.59 Å². The van der Waals surface area contributed by atoms with Crippen molar-refractivity contribution in [1.82, 2.24) is 0 Å². The van der Waals surface area contributed by atoms with E-state index < -0.39 is 5.41 Å². The Balaban J connectivity index is 3.10. The number of hydrogen-bond donors (Lipinski definition) is 0. The summed E-state index contributed by atoms with van der Waals surface area (Å²) in [5, 5.41) is 0. The number of Topliss-reactive ketones (excluding diaryl/α,β-unsaturated/α-hetero) is 1. The molecule has 1 aliphatic carbocycles. The summed E-state index contributed by atoms with van der Waals surface area (Å²) >= 11 is 0. The molecule has 0 amide bonds. The van der Waals surface area contributed by atoms with Crippen LogP contribution in [0.4, 0.5) is 0 Å². The lowest BCUT2D eigenvalue weighted by Gasteiger charge is -2.37. The fourth-order valence-corrected chi connectivity index (χ4v) is 2.71. The van der Waals surface area contributed by atoms with E-state index in [-0.39, 0.29) is 17.0 Å². The van der Waals surface area contributed by atoms with Gasteiger partial charge in [0.15, 0.2) is 5.78 Å². The van der Waals surface area contributed by atoms with Crippen LogP contribution in [0.3, 0.4) is 0 Å². The first kappa shape index (κ1) is 12.2. The molecule has 84 valence electrons. The fourth-order valence-electron chi connectivity index (χ4n) is 2.71. The summed E-state index contributed by atoms with van der Waals surface area (Å²) in [5.41, 5.74) is -0.441. The van der Waals surface area contributed by atoms with E-state index in [2.05, 4.69) is 13.8 Å². The molecule has 2 heteroatoms. The average Bonchev–Trinajstić information content (AvgIpc) is 2.38. The van der Waals surface area contributed by atoms with Crippen LogP contribution in [0.2, 0.25) is 0 Å². The van der Waals surface area contributed by atoms with Gasteiger partial charge in [-0.15, -0.1) is 0 Å². The Hall–Kier alpha value is -0.920. The van der Waals surface area contributed by atoms with E-state index in [1.807, 2.05) is 6.08 Å². The zero-order valence-corrected chi connectivity index (χ0v) is 10.1. The minimum Gasteiger partial charge on any atom is -0.299 e. The number of hydrogen-bond acceptors (Lipinski definition) is 2. The van der Waals surface area contributed by atoms with E-state index in [1.165, 1.54) is 6.92 Å². The molecular weight excluding hydrogens is 188 g/mol. The topological polar surface area (TPSA) is 34.1 Å². The summed E-state index contributed by atoms with van der Waals surface area (Å²) in [4.78, 5) is 22.8. The smallest absolute Gasteiger partial charge is 0.152 e. The molecule has 0 bridgehead atoms. The summed E-state index contributed by atoms with van der Waals surface area (Å²) in [6, 6.07) is 0. The van der Waals surface area contributed by atoms with E-state index in [9.17, 15) is 9.59 Å². The Kier molecular flexibility index (Phi) is 3.17. The quantitative estimate of drug-likeness (QED) is 0.668. The molecule has 1 rings (SSSR count). The second kappa shape index (κ2) is 3.92. The van der Waals surface area contributed by atoms with Crippen molar-refractivity contribution in [2.75, 3.05) is 0 Å². The first-order chi connectivity index (χ1) is 6.82. The molecule has 15 heavy (non-hydrogen) atoms. The Morgan fingerprint density at radius 1 is 1.13 bits per heavy atom. The Morgan fingerprint density at radius 2 is 1.73 bits per heavy atom. The fraction of sp³-hybridized carbons (Fsp3) is 0.692. The van der Waals surface area contributed by atoms with E-state index in [0.717, 1.165) is 19.3 Å². The summed E-state index contributed by atoms with van der Waals surface area (Å²) < 4.78 is 0. The predicted molar refractivity (Wildman–Crippen MR) is 60.6 cm³/mol. The molecule has 0 aliphatic heterocycles.